The summed E-state index contributed by atoms with van der Waals surface area (Å²) < 4.78 is 0. The minimum absolute atomic E-state index is 0.206. The van der Waals surface area contributed by atoms with Crippen molar-refractivity contribution in [2.45, 2.75) is 26.2 Å². The van der Waals surface area contributed by atoms with Crippen molar-refractivity contribution in [3.05, 3.63) is 64.5 Å². The minimum atomic E-state index is 0.206. The van der Waals surface area contributed by atoms with Gasteiger partial charge in [-0.15, -0.1) is 0 Å². The van der Waals surface area contributed by atoms with Gasteiger partial charge in [0.25, 0.3) is 0 Å². The Morgan fingerprint density at radius 3 is 2.85 bits per heavy atom. The Balaban J connectivity index is 1.91. The largest absolute Gasteiger partial charge is 0.294 e. The molecule has 1 aliphatic carbocycles. The van der Waals surface area contributed by atoms with Gasteiger partial charge in [0.2, 0.25) is 0 Å². The van der Waals surface area contributed by atoms with Crippen LogP contribution in [-0.4, -0.2) is 10.8 Å². The van der Waals surface area contributed by atoms with Crippen LogP contribution in [0, 0.1) is 18.8 Å². The third-order valence-electron chi connectivity index (χ3n) is 3.44. The third kappa shape index (κ3) is 2.62. The summed E-state index contributed by atoms with van der Waals surface area (Å²) in [6.45, 7) is 2.05. The number of ketones is 1. The van der Waals surface area contributed by atoms with E-state index < -0.39 is 0 Å². The molecule has 3 rings (SSSR count). The Bertz CT molecular complexity index is 735. The molecule has 0 bridgehead atoms. The molecule has 0 amide bonds. The summed E-state index contributed by atoms with van der Waals surface area (Å²) in [6.07, 6.45) is 2.41. The van der Waals surface area contributed by atoms with E-state index >= 15 is 0 Å². The first-order chi connectivity index (χ1) is 9.72. The SMILES string of the molecule is Cc1cccc(C#Cc2ccc3c(n2)CCCC3=O)c1. The number of fused-ring (bicyclic) bond motifs is 1. The van der Waals surface area contributed by atoms with Crippen LogP contribution in [0.2, 0.25) is 0 Å². The number of carbonyl (C=O) groups excluding carboxylic acids is 1. The zero-order valence-electron chi connectivity index (χ0n) is 11.4. The molecule has 2 nitrogen and oxygen atoms in total. The molecule has 0 N–H and O–H groups in total. The zero-order chi connectivity index (χ0) is 13.9. The van der Waals surface area contributed by atoms with Crippen LogP contribution < -0.4 is 0 Å². The molecule has 20 heavy (non-hydrogen) atoms. The number of nitrogens with zero attached hydrogens (tertiary/aromatic N) is 1. The number of pyridine rings is 1. The molecule has 1 aromatic heterocycles. The lowest BCUT2D eigenvalue weighted by Crippen LogP contribution is -2.12. The van der Waals surface area contributed by atoms with Crippen LogP contribution in [-0.2, 0) is 6.42 Å². The van der Waals surface area contributed by atoms with Crippen LogP contribution in [0.15, 0.2) is 36.4 Å². The summed E-state index contributed by atoms with van der Waals surface area (Å²) in [4.78, 5) is 16.2. The summed E-state index contributed by atoms with van der Waals surface area (Å²) in [7, 11) is 0. The smallest absolute Gasteiger partial charge is 0.164 e. The summed E-state index contributed by atoms with van der Waals surface area (Å²) >= 11 is 0. The summed E-state index contributed by atoms with van der Waals surface area (Å²) in [5, 5.41) is 0. The van der Waals surface area contributed by atoms with Gasteiger partial charge in [-0.3, -0.25) is 4.79 Å². The van der Waals surface area contributed by atoms with Crippen molar-refractivity contribution in [3.63, 3.8) is 0 Å². The Morgan fingerprint density at radius 1 is 1.10 bits per heavy atom. The molecular formula is C18H15NO. The van der Waals surface area contributed by atoms with Gasteiger partial charge in [0, 0.05) is 17.5 Å². The molecule has 0 radical (unpaired) electrons. The van der Waals surface area contributed by atoms with Crippen molar-refractivity contribution in [1.29, 1.82) is 0 Å². The molecule has 1 aromatic carbocycles. The zero-order valence-corrected chi connectivity index (χ0v) is 11.4. The quantitative estimate of drug-likeness (QED) is 0.681. The maximum atomic E-state index is 11.7. The van der Waals surface area contributed by atoms with Crippen molar-refractivity contribution >= 4 is 5.78 Å². The molecule has 0 aliphatic heterocycles. The van der Waals surface area contributed by atoms with Crippen molar-refractivity contribution in [1.82, 2.24) is 4.98 Å². The molecule has 2 aromatic rings. The van der Waals surface area contributed by atoms with Crippen molar-refractivity contribution in [3.8, 4) is 11.8 Å². The Kier molecular flexibility index (Phi) is 3.35. The van der Waals surface area contributed by atoms with Crippen LogP contribution in [0.4, 0.5) is 0 Å². The first kappa shape index (κ1) is 12.6. The molecule has 2 heteroatoms. The van der Waals surface area contributed by atoms with E-state index in [0.29, 0.717) is 6.42 Å². The van der Waals surface area contributed by atoms with Gasteiger partial charge in [0.15, 0.2) is 5.78 Å². The number of Topliss-reactive ketones (excluding diaryl/α,β-unsaturated/α-hetero) is 1. The lowest BCUT2D eigenvalue weighted by Gasteiger charge is -2.12. The van der Waals surface area contributed by atoms with E-state index in [4.69, 9.17) is 0 Å². The van der Waals surface area contributed by atoms with E-state index in [0.717, 1.165) is 35.4 Å². The van der Waals surface area contributed by atoms with Gasteiger partial charge in [-0.25, -0.2) is 4.98 Å². The number of aromatic nitrogens is 1. The van der Waals surface area contributed by atoms with Gasteiger partial charge in [-0.2, -0.15) is 0 Å². The van der Waals surface area contributed by atoms with E-state index in [2.05, 4.69) is 22.9 Å². The molecule has 98 valence electrons. The van der Waals surface area contributed by atoms with E-state index in [1.807, 2.05) is 37.3 Å². The number of hydrogen-bond donors (Lipinski definition) is 0. The lowest BCUT2D eigenvalue weighted by molar-refractivity contribution is 0.0971. The first-order valence-corrected chi connectivity index (χ1v) is 6.84. The number of benzene rings is 1. The van der Waals surface area contributed by atoms with Gasteiger partial charge < -0.3 is 0 Å². The second-order valence-corrected chi connectivity index (χ2v) is 5.09. The highest BCUT2D eigenvalue weighted by Crippen LogP contribution is 2.19. The molecule has 0 unspecified atom stereocenters. The second kappa shape index (κ2) is 5.30. The van der Waals surface area contributed by atoms with Crippen LogP contribution in [0.1, 0.15) is 45.7 Å². The maximum Gasteiger partial charge on any atom is 0.164 e. The van der Waals surface area contributed by atoms with Gasteiger partial charge >= 0.3 is 0 Å². The number of carbonyl (C=O) groups is 1. The van der Waals surface area contributed by atoms with Gasteiger partial charge in [0.1, 0.15) is 5.69 Å². The van der Waals surface area contributed by atoms with Gasteiger partial charge in [-0.1, -0.05) is 18.1 Å². The summed E-state index contributed by atoms with van der Waals surface area (Å²) in [6, 6.07) is 11.8. The molecule has 0 spiro atoms. The molecule has 0 saturated carbocycles. The molecule has 0 atom stereocenters. The third-order valence-corrected chi connectivity index (χ3v) is 3.44. The van der Waals surface area contributed by atoms with Crippen LogP contribution >= 0.6 is 0 Å². The molecule has 1 aliphatic rings. The molecular weight excluding hydrogens is 246 g/mol. The predicted molar refractivity (Wildman–Crippen MR) is 78.7 cm³/mol. The predicted octanol–water partition coefficient (Wildman–Crippen LogP) is 3.31. The lowest BCUT2D eigenvalue weighted by atomic mass is 9.94. The number of hydrogen-bond acceptors (Lipinski definition) is 2. The number of rotatable bonds is 0. The monoisotopic (exact) mass is 261 g/mol. The normalized spacial score (nSPS) is 13.3. The van der Waals surface area contributed by atoms with Crippen molar-refractivity contribution < 1.29 is 4.79 Å². The van der Waals surface area contributed by atoms with Crippen molar-refractivity contribution in [2.24, 2.45) is 0 Å². The van der Waals surface area contributed by atoms with E-state index in [-0.39, 0.29) is 5.78 Å². The first-order valence-electron chi connectivity index (χ1n) is 6.84. The number of aryl methyl sites for hydroxylation is 2. The van der Waals surface area contributed by atoms with Crippen LogP contribution in [0.3, 0.4) is 0 Å². The molecule has 0 fully saturated rings. The highest BCUT2D eigenvalue weighted by Gasteiger charge is 2.17. The topological polar surface area (TPSA) is 30.0 Å². The van der Waals surface area contributed by atoms with Crippen molar-refractivity contribution in [2.75, 3.05) is 0 Å². The summed E-state index contributed by atoms with van der Waals surface area (Å²) in [5.74, 6) is 6.41. The Morgan fingerprint density at radius 2 is 2.00 bits per heavy atom. The van der Waals surface area contributed by atoms with Crippen LogP contribution in [0.25, 0.3) is 0 Å². The standard InChI is InChI=1S/C18H15NO/c1-13-4-2-5-14(12-13)8-9-15-10-11-16-17(19-15)6-3-7-18(16)20/h2,4-5,10-12H,3,6-7H2,1H3. The molecule has 0 saturated heterocycles. The average molecular weight is 261 g/mol. The van der Waals surface area contributed by atoms with E-state index in [1.165, 1.54) is 5.56 Å². The van der Waals surface area contributed by atoms with Crippen LogP contribution in [0.5, 0.6) is 0 Å². The fourth-order valence-electron chi connectivity index (χ4n) is 2.43. The Labute approximate surface area is 118 Å². The maximum absolute atomic E-state index is 11.7. The fourth-order valence-corrected chi connectivity index (χ4v) is 2.43. The Hall–Kier alpha value is -2.40. The minimum Gasteiger partial charge on any atom is -0.294 e. The van der Waals surface area contributed by atoms with Gasteiger partial charge in [0.05, 0.1) is 5.69 Å². The average Bonchev–Trinajstić information content (AvgIpc) is 2.45. The summed E-state index contributed by atoms with van der Waals surface area (Å²) in [5.41, 5.74) is 4.59. The molecule has 1 heterocycles. The highest BCUT2D eigenvalue weighted by atomic mass is 16.1. The fraction of sp³-hybridized carbons (Fsp3) is 0.222. The second-order valence-electron chi connectivity index (χ2n) is 5.09. The highest BCUT2D eigenvalue weighted by molar-refractivity contribution is 5.98. The van der Waals surface area contributed by atoms with E-state index in [1.54, 1.807) is 0 Å². The van der Waals surface area contributed by atoms with E-state index in [9.17, 15) is 4.79 Å². The van der Waals surface area contributed by atoms with Gasteiger partial charge in [-0.05, 0) is 55.5 Å².